The van der Waals surface area contributed by atoms with Crippen LogP contribution in [-0.4, -0.2) is 23.5 Å². The smallest absolute Gasteiger partial charge is 0.224 e. The quantitative estimate of drug-likeness (QED) is 0.875. The molecule has 0 aromatic carbocycles. The largest absolute Gasteiger partial charge is 0.355 e. The lowest BCUT2D eigenvalue weighted by Crippen LogP contribution is -2.44. The molecule has 2 rings (SSSR count). The summed E-state index contributed by atoms with van der Waals surface area (Å²) >= 11 is 1.63. The molecule has 1 fully saturated rings. The van der Waals surface area contributed by atoms with Gasteiger partial charge in [0.2, 0.25) is 5.91 Å². The van der Waals surface area contributed by atoms with Gasteiger partial charge in [-0.05, 0) is 12.8 Å². The van der Waals surface area contributed by atoms with Crippen LogP contribution in [0.15, 0.2) is 11.6 Å². The number of hydrogen-bond donors (Lipinski definition) is 2. The highest BCUT2D eigenvalue weighted by molar-refractivity contribution is 7.09. The third-order valence-electron chi connectivity index (χ3n) is 3.61. The van der Waals surface area contributed by atoms with Gasteiger partial charge in [0, 0.05) is 30.1 Å². The highest BCUT2D eigenvalue weighted by Gasteiger charge is 2.28. The molecule has 0 aliphatic heterocycles. The number of nitrogens with one attached hydrogen (secondary N) is 1. The normalized spacial score (nSPS) is 25.7. The Hall–Kier alpha value is -0.940. The average molecular weight is 267 g/mol. The maximum Gasteiger partial charge on any atom is 0.224 e. The van der Waals surface area contributed by atoms with Gasteiger partial charge in [0.25, 0.3) is 0 Å². The third-order valence-corrected chi connectivity index (χ3v) is 4.62. The molecule has 100 valence electrons. The van der Waals surface area contributed by atoms with Gasteiger partial charge in [0.15, 0.2) is 0 Å². The molecule has 1 aliphatic carbocycles. The van der Waals surface area contributed by atoms with Crippen molar-refractivity contribution >= 4 is 17.2 Å². The van der Waals surface area contributed by atoms with Crippen LogP contribution in [-0.2, 0) is 4.79 Å². The van der Waals surface area contributed by atoms with E-state index in [2.05, 4.69) is 17.2 Å². The Bertz CT molecular complexity index is 380. The second-order valence-corrected chi connectivity index (χ2v) is 6.00. The van der Waals surface area contributed by atoms with E-state index in [4.69, 9.17) is 5.73 Å². The Balaban J connectivity index is 1.80. The van der Waals surface area contributed by atoms with Gasteiger partial charge < -0.3 is 11.1 Å². The highest BCUT2D eigenvalue weighted by atomic mass is 32.1. The average Bonchev–Trinajstić information content (AvgIpc) is 2.90. The molecule has 1 amide bonds. The van der Waals surface area contributed by atoms with Crippen LogP contribution in [0.2, 0.25) is 0 Å². The Morgan fingerprint density at radius 2 is 2.39 bits per heavy atom. The number of carbonyl (C=O) groups is 1. The molecule has 0 bridgehead atoms. The number of hydrogen-bond acceptors (Lipinski definition) is 4. The van der Waals surface area contributed by atoms with Crippen molar-refractivity contribution in [2.45, 2.75) is 44.6 Å². The highest BCUT2D eigenvalue weighted by Crippen LogP contribution is 2.23. The lowest BCUT2D eigenvalue weighted by atomic mass is 9.84. The summed E-state index contributed by atoms with van der Waals surface area (Å²) in [7, 11) is 0. The summed E-state index contributed by atoms with van der Waals surface area (Å²) in [5.74, 6) is 0.390. The van der Waals surface area contributed by atoms with E-state index < -0.39 is 0 Å². The van der Waals surface area contributed by atoms with Crippen molar-refractivity contribution in [3.8, 4) is 0 Å². The van der Waals surface area contributed by atoms with E-state index in [-0.39, 0.29) is 23.8 Å². The van der Waals surface area contributed by atoms with Crippen molar-refractivity contribution in [2.75, 3.05) is 6.54 Å². The lowest BCUT2D eigenvalue weighted by molar-refractivity contribution is -0.126. The number of carbonyl (C=O) groups excluding carboxylic acids is 1. The zero-order chi connectivity index (χ0) is 13.0. The molecule has 3 N–H and O–H groups in total. The molecule has 0 spiro atoms. The van der Waals surface area contributed by atoms with Gasteiger partial charge in [-0.2, -0.15) is 0 Å². The molecule has 18 heavy (non-hydrogen) atoms. The minimum atomic E-state index is 0.00208. The third kappa shape index (κ3) is 3.29. The molecule has 1 aromatic rings. The van der Waals surface area contributed by atoms with Crippen LogP contribution >= 0.6 is 11.3 Å². The molecule has 5 heteroatoms. The molecular formula is C13H21N3OS. The minimum Gasteiger partial charge on any atom is -0.355 e. The van der Waals surface area contributed by atoms with Crippen LogP contribution in [0.1, 0.15) is 43.5 Å². The van der Waals surface area contributed by atoms with E-state index in [1.54, 1.807) is 17.5 Å². The first-order valence-corrected chi connectivity index (χ1v) is 7.49. The fourth-order valence-corrected chi connectivity index (χ4v) is 3.13. The lowest BCUT2D eigenvalue weighted by Gasteiger charge is -2.27. The van der Waals surface area contributed by atoms with Crippen LogP contribution in [0.4, 0.5) is 0 Å². The van der Waals surface area contributed by atoms with Gasteiger partial charge in [-0.25, -0.2) is 4.98 Å². The molecule has 3 unspecified atom stereocenters. The first kappa shape index (κ1) is 13.5. The maximum absolute atomic E-state index is 12.1. The summed E-state index contributed by atoms with van der Waals surface area (Å²) in [5, 5.41) is 6.05. The molecule has 4 nitrogen and oxygen atoms in total. The monoisotopic (exact) mass is 267 g/mol. The van der Waals surface area contributed by atoms with Crippen LogP contribution < -0.4 is 11.1 Å². The van der Waals surface area contributed by atoms with Crippen molar-refractivity contribution in [3.63, 3.8) is 0 Å². The predicted octanol–water partition coefficient (Wildman–Crippen LogP) is 1.88. The fraction of sp³-hybridized carbons (Fsp3) is 0.692. The Kier molecular flexibility index (Phi) is 4.72. The predicted molar refractivity (Wildman–Crippen MR) is 73.5 cm³/mol. The van der Waals surface area contributed by atoms with Crippen LogP contribution in [0.5, 0.6) is 0 Å². The first-order valence-electron chi connectivity index (χ1n) is 6.61. The summed E-state index contributed by atoms with van der Waals surface area (Å²) in [6, 6.07) is 0.0360. The van der Waals surface area contributed by atoms with Crippen LogP contribution in [0.25, 0.3) is 0 Å². The Morgan fingerprint density at radius 1 is 1.61 bits per heavy atom. The topological polar surface area (TPSA) is 68.0 Å². The van der Waals surface area contributed by atoms with Gasteiger partial charge in [0.05, 0.1) is 10.9 Å². The summed E-state index contributed by atoms with van der Waals surface area (Å²) in [6.45, 7) is 2.73. The maximum atomic E-state index is 12.1. The van der Waals surface area contributed by atoms with Gasteiger partial charge in [-0.1, -0.05) is 19.8 Å². The molecular weight excluding hydrogens is 246 g/mol. The van der Waals surface area contributed by atoms with Gasteiger partial charge in [0.1, 0.15) is 0 Å². The molecule has 1 heterocycles. The van der Waals surface area contributed by atoms with Crippen molar-refractivity contribution in [2.24, 2.45) is 11.7 Å². The second-order valence-electron chi connectivity index (χ2n) is 5.07. The zero-order valence-electron chi connectivity index (χ0n) is 10.8. The summed E-state index contributed by atoms with van der Waals surface area (Å²) in [4.78, 5) is 16.3. The first-order chi connectivity index (χ1) is 8.68. The second kappa shape index (κ2) is 6.29. The summed E-state index contributed by atoms with van der Waals surface area (Å²) in [6.07, 6.45) is 5.97. The number of aromatic nitrogens is 1. The van der Waals surface area contributed by atoms with Crippen LogP contribution in [0.3, 0.4) is 0 Å². The van der Waals surface area contributed by atoms with E-state index in [0.717, 1.165) is 30.7 Å². The number of thiazole rings is 1. The molecule has 3 atom stereocenters. The number of nitrogens with zero attached hydrogens (tertiary/aromatic N) is 1. The van der Waals surface area contributed by atoms with Crippen molar-refractivity contribution in [3.05, 3.63) is 16.6 Å². The summed E-state index contributed by atoms with van der Waals surface area (Å²) in [5.41, 5.74) is 6.01. The van der Waals surface area contributed by atoms with Crippen molar-refractivity contribution < 1.29 is 4.79 Å². The zero-order valence-corrected chi connectivity index (χ0v) is 11.6. The Morgan fingerprint density at radius 3 is 3.06 bits per heavy atom. The van der Waals surface area contributed by atoms with E-state index >= 15 is 0 Å². The molecule has 0 radical (unpaired) electrons. The molecule has 0 saturated heterocycles. The van der Waals surface area contributed by atoms with Gasteiger partial charge in [-0.3, -0.25) is 4.79 Å². The molecule has 1 saturated carbocycles. The van der Waals surface area contributed by atoms with E-state index in [0.29, 0.717) is 6.54 Å². The fourth-order valence-electron chi connectivity index (χ4n) is 2.44. The molecule has 1 aromatic heterocycles. The SMILES string of the molecule is CC(CNC(=O)C1CCCCC1N)c1nccs1. The minimum absolute atomic E-state index is 0.00208. The molecule has 1 aliphatic rings. The number of amides is 1. The van der Waals surface area contributed by atoms with E-state index in [1.807, 2.05) is 5.38 Å². The summed E-state index contributed by atoms with van der Waals surface area (Å²) < 4.78 is 0. The van der Waals surface area contributed by atoms with E-state index in [1.165, 1.54) is 0 Å². The standard InChI is InChI=1S/C13H21N3OS/c1-9(13-15-6-7-18-13)8-16-12(17)10-4-2-3-5-11(10)14/h6-7,9-11H,2-5,8,14H2,1H3,(H,16,17). The van der Waals surface area contributed by atoms with Crippen LogP contribution in [0, 0.1) is 5.92 Å². The Labute approximate surface area is 112 Å². The van der Waals surface area contributed by atoms with Gasteiger partial charge in [-0.15, -0.1) is 11.3 Å². The van der Waals surface area contributed by atoms with Gasteiger partial charge >= 0.3 is 0 Å². The van der Waals surface area contributed by atoms with Crippen molar-refractivity contribution in [1.29, 1.82) is 0 Å². The van der Waals surface area contributed by atoms with Crippen molar-refractivity contribution in [1.82, 2.24) is 10.3 Å². The number of nitrogens with two attached hydrogens (primary N) is 1. The van der Waals surface area contributed by atoms with E-state index in [9.17, 15) is 4.79 Å². The number of rotatable bonds is 4.